The van der Waals surface area contributed by atoms with Gasteiger partial charge in [0.1, 0.15) is 5.82 Å². The number of nitrogens with one attached hydrogen (secondary N) is 1. The van der Waals surface area contributed by atoms with Gasteiger partial charge in [-0.05, 0) is 59.8 Å². The van der Waals surface area contributed by atoms with Crippen molar-refractivity contribution in [3.8, 4) is 22.6 Å². The zero-order valence-corrected chi connectivity index (χ0v) is 19.3. The van der Waals surface area contributed by atoms with Crippen LogP contribution in [0.5, 0.6) is 0 Å². The number of anilines is 1. The second kappa shape index (κ2) is 9.47. The van der Waals surface area contributed by atoms with E-state index in [-0.39, 0.29) is 12.1 Å². The van der Waals surface area contributed by atoms with E-state index in [9.17, 15) is 9.18 Å². The van der Waals surface area contributed by atoms with E-state index in [0.29, 0.717) is 27.8 Å². The van der Waals surface area contributed by atoms with E-state index in [2.05, 4.69) is 20.8 Å². The molecule has 0 saturated heterocycles. The minimum Gasteiger partial charge on any atom is -0.323 e. The highest BCUT2D eigenvalue weighted by molar-refractivity contribution is 6.30. The molecule has 0 radical (unpaired) electrons. The number of carbonyl (C=O) groups is 1. The Morgan fingerprint density at radius 3 is 2.51 bits per heavy atom. The summed E-state index contributed by atoms with van der Waals surface area (Å²) in [4.78, 5) is 13.0. The molecule has 0 bridgehead atoms. The van der Waals surface area contributed by atoms with Gasteiger partial charge in [-0.1, -0.05) is 41.9 Å². The summed E-state index contributed by atoms with van der Waals surface area (Å²) in [6, 6.07) is 21.1. The molecule has 0 unspecified atom stereocenters. The lowest BCUT2D eigenvalue weighted by molar-refractivity contribution is -0.115. The van der Waals surface area contributed by atoms with Gasteiger partial charge in [0.25, 0.3) is 0 Å². The number of para-hydroxylation sites is 1. The second-order valence-corrected chi connectivity index (χ2v) is 8.25. The van der Waals surface area contributed by atoms with Gasteiger partial charge < -0.3 is 5.32 Å². The van der Waals surface area contributed by atoms with Crippen LogP contribution in [0, 0.1) is 12.7 Å². The first kappa shape index (κ1) is 22.4. The lowest BCUT2D eigenvalue weighted by atomic mass is 10.1. The average molecular weight is 488 g/mol. The van der Waals surface area contributed by atoms with Crippen molar-refractivity contribution in [2.75, 3.05) is 5.32 Å². The molecule has 1 amide bonds. The number of benzene rings is 3. The molecule has 0 aliphatic heterocycles. The Hall–Kier alpha value is -4.37. The topological polar surface area (TPSA) is 90.5 Å². The quantitative estimate of drug-likeness (QED) is 0.371. The Bertz CT molecular complexity index is 1500. The van der Waals surface area contributed by atoms with E-state index in [1.807, 2.05) is 42.5 Å². The SMILES string of the molecule is Cc1nnnn1-c1ccc(F)c(NC(=O)Cc2cn(-c3ccccc3)nc2-c2ccc(Cl)cc2)c1. The molecule has 1 N–H and O–H groups in total. The number of hydrogen-bond acceptors (Lipinski definition) is 5. The van der Waals surface area contributed by atoms with Gasteiger partial charge in [-0.25, -0.2) is 9.07 Å². The van der Waals surface area contributed by atoms with Crippen molar-refractivity contribution in [1.82, 2.24) is 30.0 Å². The molecule has 5 aromatic rings. The van der Waals surface area contributed by atoms with E-state index in [1.54, 1.807) is 29.9 Å². The summed E-state index contributed by atoms with van der Waals surface area (Å²) in [5.41, 5.74) is 3.55. The Labute approximate surface area is 205 Å². The van der Waals surface area contributed by atoms with Crippen LogP contribution in [-0.2, 0) is 11.2 Å². The molecule has 0 spiro atoms. The van der Waals surface area contributed by atoms with Crippen LogP contribution in [-0.4, -0.2) is 35.9 Å². The first-order valence-electron chi connectivity index (χ1n) is 10.7. The minimum atomic E-state index is -0.564. The lowest BCUT2D eigenvalue weighted by Crippen LogP contribution is -2.16. The average Bonchev–Trinajstić information content (AvgIpc) is 3.48. The first-order chi connectivity index (χ1) is 17.0. The number of hydrogen-bond donors (Lipinski definition) is 1. The standard InChI is InChI=1S/C25H19ClFN7O/c1-16-29-31-32-34(16)21-11-12-22(27)23(14-21)28-24(35)13-18-15-33(20-5-3-2-4-6-20)30-25(18)17-7-9-19(26)10-8-17/h2-12,14-15H,13H2,1H3,(H,28,35). The smallest absolute Gasteiger partial charge is 0.229 e. The number of halogens is 2. The zero-order valence-electron chi connectivity index (χ0n) is 18.6. The molecule has 10 heteroatoms. The van der Waals surface area contributed by atoms with Crippen LogP contribution in [0.2, 0.25) is 5.02 Å². The molecule has 0 aliphatic rings. The predicted octanol–water partition coefficient (Wildman–Crippen LogP) is 4.80. The molecule has 0 fully saturated rings. The van der Waals surface area contributed by atoms with E-state index in [4.69, 9.17) is 16.7 Å². The number of aromatic nitrogens is 6. The minimum absolute atomic E-state index is 0.0155. The molecule has 2 heterocycles. The Morgan fingerprint density at radius 2 is 1.80 bits per heavy atom. The van der Waals surface area contributed by atoms with Crippen molar-refractivity contribution in [1.29, 1.82) is 0 Å². The number of amides is 1. The van der Waals surface area contributed by atoms with Crippen molar-refractivity contribution in [3.63, 3.8) is 0 Å². The number of nitrogens with zero attached hydrogens (tertiary/aromatic N) is 6. The van der Waals surface area contributed by atoms with E-state index in [1.165, 1.54) is 22.9 Å². The molecule has 3 aromatic carbocycles. The lowest BCUT2D eigenvalue weighted by Gasteiger charge is -2.09. The summed E-state index contributed by atoms with van der Waals surface area (Å²) < 4.78 is 17.7. The second-order valence-electron chi connectivity index (χ2n) is 7.82. The highest BCUT2D eigenvalue weighted by Crippen LogP contribution is 2.26. The molecule has 0 saturated carbocycles. The van der Waals surface area contributed by atoms with Gasteiger partial charge in [-0.15, -0.1) is 5.10 Å². The third-order valence-corrected chi connectivity index (χ3v) is 5.63. The summed E-state index contributed by atoms with van der Waals surface area (Å²) in [7, 11) is 0. The fourth-order valence-electron chi connectivity index (χ4n) is 3.68. The maximum Gasteiger partial charge on any atom is 0.229 e. The highest BCUT2D eigenvalue weighted by Gasteiger charge is 2.17. The van der Waals surface area contributed by atoms with Gasteiger partial charge in [0, 0.05) is 22.3 Å². The van der Waals surface area contributed by atoms with Crippen LogP contribution < -0.4 is 5.32 Å². The van der Waals surface area contributed by atoms with Crippen LogP contribution in [0.15, 0.2) is 79.0 Å². The highest BCUT2D eigenvalue weighted by atomic mass is 35.5. The van der Waals surface area contributed by atoms with Crippen molar-refractivity contribution < 1.29 is 9.18 Å². The molecule has 5 rings (SSSR count). The van der Waals surface area contributed by atoms with Crippen molar-refractivity contribution in [2.24, 2.45) is 0 Å². The first-order valence-corrected chi connectivity index (χ1v) is 11.1. The summed E-state index contributed by atoms with van der Waals surface area (Å²) in [5.74, 6) is -0.419. The molecule has 174 valence electrons. The summed E-state index contributed by atoms with van der Waals surface area (Å²) in [5, 5.41) is 19.3. The molecular weight excluding hydrogens is 469 g/mol. The third-order valence-electron chi connectivity index (χ3n) is 5.37. The van der Waals surface area contributed by atoms with E-state index < -0.39 is 11.7 Å². The van der Waals surface area contributed by atoms with Crippen LogP contribution in [0.3, 0.4) is 0 Å². The van der Waals surface area contributed by atoms with Gasteiger partial charge in [0.05, 0.1) is 29.2 Å². The summed E-state index contributed by atoms with van der Waals surface area (Å²) in [6.45, 7) is 1.73. The maximum absolute atomic E-state index is 14.5. The van der Waals surface area contributed by atoms with Crippen LogP contribution in [0.25, 0.3) is 22.6 Å². The van der Waals surface area contributed by atoms with Gasteiger partial charge in [0.15, 0.2) is 5.82 Å². The van der Waals surface area contributed by atoms with Gasteiger partial charge in [-0.3, -0.25) is 4.79 Å². The summed E-state index contributed by atoms with van der Waals surface area (Å²) >= 11 is 6.05. The van der Waals surface area contributed by atoms with Crippen molar-refractivity contribution in [3.05, 3.63) is 101 Å². The van der Waals surface area contributed by atoms with E-state index >= 15 is 0 Å². The molecule has 0 atom stereocenters. The van der Waals surface area contributed by atoms with Gasteiger partial charge >= 0.3 is 0 Å². The van der Waals surface area contributed by atoms with Crippen molar-refractivity contribution in [2.45, 2.75) is 13.3 Å². The van der Waals surface area contributed by atoms with Gasteiger partial charge in [0.2, 0.25) is 5.91 Å². The number of tetrazole rings is 1. The monoisotopic (exact) mass is 487 g/mol. The predicted molar refractivity (Wildman–Crippen MR) is 130 cm³/mol. The molecule has 8 nitrogen and oxygen atoms in total. The normalized spacial score (nSPS) is 10.9. The van der Waals surface area contributed by atoms with Crippen LogP contribution in [0.1, 0.15) is 11.4 Å². The van der Waals surface area contributed by atoms with Crippen LogP contribution in [0.4, 0.5) is 10.1 Å². The van der Waals surface area contributed by atoms with Gasteiger partial charge in [-0.2, -0.15) is 9.78 Å². The molecule has 0 aliphatic carbocycles. The molecule has 35 heavy (non-hydrogen) atoms. The van der Waals surface area contributed by atoms with E-state index in [0.717, 1.165) is 11.3 Å². The molecular formula is C25H19ClFN7O. The number of carbonyl (C=O) groups excluding carboxylic acids is 1. The van der Waals surface area contributed by atoms with Crippen molar-refractivity contribution >= 4 is 23.2 Å². The Balaban J connectivity index is 1.44. The maximum atomic E-state index is 14.5. The number of rotatable bonds is 6. The fraction of sp³-hybridized carbons (Fsp3) is 0.0800. The number of aryl methyl sites for hydroxylation is 1. The molecule has 2 aromatic heterocycles. The Morgan fingerprint density at radius 1 is 1.03 bits per heavy atom. The van der Waals surface area contributed by atoms with Crippen LogP contribution >= 0.6 is 11.6 Å². The largest absolute Gasteiger partial charge is 0.323 e. The fourth-order valence-corrected chi connectivity index (χ4v) is 3.81. The zero-order chi connectivity index (χ0) is 24.4. The Kier molecular flexibility index (Phi) is 6.07. The summed E-state index contributed by atoms with van der Waals surface area (Å²) in [6.07, 6.45) is 1.79. The third kappa shape index (κ3) is 4.80.